The van der Waals surface area contributed by atoms with Gasteiger partial charge in [0.1, 0.15) is 6.54 Å². The standard InChI is InChI=1S/C22H29IN4O3S/c1-25-14-16-26(17-15-25)13-5-12-24-22(28)18-27(20-10-8-19(23)9-11-20)31(29,30)21-6-3-2-4-7-21/h2-4,6-11H,5,12-18H2,1H3,(H,24,28). The number of hydrogen-bond acceptors (Lipinski definition) is 5. The number of likely N-dealkylation sites (N-methyl/N-ethyl adjacent to an activating group) is 1. The van der Waals surface area contributed by atoms with Crippen LogP contribution >= 0.6 is 22.6 Å². The van der Waals surface area contributed by atoms with Crippen LogP contribution in [0.25, 0.3) is 0 Å². The third-order valence-electron chi connectivity index (χ3n) is 5.30. The number of nitrogens with zero attached hydrogens (tertiary/aromatic N) is 3. The molecule has 31 heavy (non-hydrogen) atoms. The smallest absolute Gasteiger partial charge is 0.264 e. The van der Waals surface area contributed by atoms with Crippen molar-refractivity contribution >= 4 is 44.2 Å². The Balaban J connectivity index is 1.62. The summed E-state index contributed by atoms with van der Waals surface area (Å²) in [5.74, 6) is -0.309. The SMILES string of the molecule is CN1CCN(CCCNC(=O)CN(c2ccc(I)cc2)S(=O)(=O)c2ccccc2)CC1. The average molecular weight is 556 g/mol. The number of amides is 1. The van der Waals surface area contributed by atoms with Gasteiger partial charge in [0.25, 0.3) is 10.0 Å². The summed E-state index contributed by atoms with van der Waals surface area (Å²) in [5.41, 5.74) is 0.469. The zero-order chi connectivity index (χ0) is 22.3. The minimum atomic E-state index is -3.86. The Morgan fingerprint density at radius 1 is 1.03 bits per heavy atom. The van der Waals surface area contributed by atoms with Gasteiger partial charge in [-0.1, -0.05) is 18.2 Å². The fraction of sp³-hybridized carbons (Fsp3) is 0.409. The normalized spacial score (nSPS) is 15.5. The van der Waals surface area contributed by atoms with Gasteiger partial charge in [0.15, 0.2) is 0 Å². The molecule has 1 aliphatic heterocycles. The first-order valence-electron chi connectivity index (χ1n) is 10.4. The Morgan fingerprint density at radius 2 is 1.68 bits per heavy atom. The molecule has 1 aliphatic rings. The Kier molecular flexibility index (Phi) is 8.70. The lowest BCUT2D eigenvalue weighted by molar-refractivity contribution is -0.119. The lowest BCUT2D eigenvalue weighted by Gasteiger charge is -2.32. The van der Waals surface area contributed by atoms with E-state index in [1.807, 2.05) is 12.1 Å². The molecule has 2 aromatic rings. The third-order valence-corrected chi connectivity index (χ3v) is 7.81. The number of piperazine rings is 1. The number of benzene rings is 2. The predicted octanol–water partition coefficient (Wildman–Crippen LogP) is 2.24. The van der Waals surface area contributed by atoms with Gasteiger partial charge in [-0.25, -0.2) is 8.42 Å². The number of carbonyl (C=O) groups is 1. The molecule has 1 fully saturated rings. The first-order chi connectivity index (χ1) is 14.9. The maximum absolute atomic E-state index is 13.2. The highest BCUT2D eigenvalue weighted by Gasteiger charge is 2.27. The summed E-state index contributed by atoms with van der Waals surface area (Å²) < 4.78 is 28.7. The summed E-state index contributed by atoms with van der Waals surface area (Å²) >= 11 is 2.17. The van der Waals surface area contributed by atoms with Crippen LogP contribution in [0.2, 0.25) is 0 Å². The molecule has 9 heteroatoms. The molecule has 168 valence electrons. The van der Waals surface area contributed by atoms with Gasteiger partial charge in [0, 0.05) is 36.3 Å². The van der Waals surface area contributed by atoms with Crippen molar-refractivity contribution in [3.8, 4) is 0 Å². The monoisotopic (exact) mass is 556 g/mol. The van der Waals surface area contributed by atoms with Crippen LogP contribution in [-0.2, 0) is 14.8 Å². The number of rotatable bonds is 9. The van der Waals surface area contributed by atoms with E-state index in [-0.39, 0.29) is 17.3 Å². The number of halogens is 1. The van der Waals surface area contributed by atoms with Crippen molar-refractivity contribution in [1.82, 2.24) is 15.1 Å². The molecule has 1 N–H and O–H groups in total. The van der Waals surface area contributed by atoms with Crippen LogP contribution in [0.4, 0.5) is 5.69 Å². The van der Waals surface area contributed by atoms with Gasteiger partial charge in [-0.2, -0.15) is 0 Å². The summed E-state index contributed by atoms with van der Waals surface area (Å²) in [6.45, 7) is 5.41. The minimum absolute atomic E-state index is 0.163. The highest BCUT2D eigenvalue weighted by Crippen LogP contribution is 2.24. The average Bonchev–Trinajstić information content (AvgIpc) is 2.77. The van der Waals surface area contributed by atoms with Gasteiger partial charge in [0.05, 0.1) is 10.6 Å². The second-order valence-electron chi connectivity index (χ2n) is 7.65. The number of anilines is 1. The van der Waals surface area contributed by atoms with Crippen molar-refractivity contribution in [3.05, 3.63) is 58.2 Å². The van der Waals surface area contributed by atoms with Crippen molar-refractivity contribution in [2.24, 2.45) is 0 Å². The maximum Gasteiger partial charge on any atom is 0.264 e. The van der Waals surface area contributed by atoms with Crippen LogP contribution in [0.1, 0.15) is 6.42 Å². The first kappa shape index (κ1) is 24.0. The lowest BCUT2D eigenvalue weighted by Crippen LogP contribution is -2.45. The van der Waals surface area contributed by atoms with Gasteiger partial charge >= 0.3 is 0 Å². The predicted molar refractivity (Wildman–Crippen MR) is 132 cm³/mol. The minimum Gasteiger partial charge on any atom is -0.354 e. The molecule has 1 heterocycles. The summed E-state index contributed by atoms with van der Waals surface area (Å²) in [5, 5.41) is 2.88. The molecule has 0 atom stereocenters. The van der Waals surface area contributed by atoms with Crippen molar-refractivity contribution < 1.29 is 13.2 Å². The van der Waals surface area contributed by atoms with Crippen LogP contribution in [0, 0.1) is 3.57 Å². The quantitative estimate of drug-likeness (QED) is 0.379. The topological polar surface area (TPSA) is 73.0 Å². The Morgan fingerprint density at radius 3 is 2.32 bits per heavy atom. The van der Waals surface area contributed by atoms with E-state index in [0.717, 1.165) is 42.7 Å². The largest absolute Gasteiger partial charge is 0.354 e. The molecule has 0 bridgehead atoms. The zero-order valence-electron chi connectivity index (χ0n) is 17.7. The van der Waals surface area contributed by atoms with Crippen molar-refractivity contribution in [2.75, 3.05) is 57.2 Å². The van der Waals surface area contributed by atoms with Crippen LogP contribution in [-0.4, -0.2) is 77.0 Å². The number of hydrogen-bond donors (Lipinski definition) is 1. The molecule has 0 spiro atoms. The van der Waals surface area contributed by atoms with Crippen molar-refractivity contribution in [1.29, 1.82) is 0 Å². The second-order valence-corrected chi connectivity index (χ2v) is 10.8. The Labute approximate surface area is 198 Å². The molecule has 0 radical (unpaired) electrons. The van der Waals surface area contributed by atoms with E-state index in [9.17, 15) is 13.2 Å². The molecule has 1 amide bonds. The van der Waals surface area contributed by atoms with E-state index >= 15 is 0 Å². The Bertz CT molecular complexity index is 946. The molecule has 0 aliphatic carbocycles. The molecule has 2 aromatic carbocycles. The summed E-state index contributed by atoms with van der Waals surface area (Å²) in [7, 11) is -1.73. The van der Waals surface area contributed by atoms with Gasteiger partial charge in [-0.15, -0.1) is 0 Å². The maximum atomic E-state index is 13.2. The fourth-order valence-corrected chi connectivity index (χ4v) is 5.23. The van der Waals surface area contributed by atoms with Crippen molar-refractivity contribution in [2.45, 2.75) is 11.3 Å². The molecule has 0 saturated carbocycles. The molecule has 3 rings (SSSR count). The van der Waals surface area contributed by atoms with Gasteiger partial charge < -0.3 is 15.1 Å². The molecule has 7 nitrogen and oxygen atoms in total. The van der Waals surface area contributed by atoms with E-state index in [0.29, 0.717) is 12.2 Å². The van der Waals surface area contributed by atoms with Crippen molar-refractivity contribution in [3.63, 3.8) is 0 Å². The van der Waals surface area contributed by atoms with Crippen LogP contribution in [0.5, 0.6) is 0 Å². The highest BCUT2D eigenvalue weighted by molar-refractivity contribution is 14.1. The van der Waals surface area contributed by atoms with Gasteiger partial charge in [-0.3, -0.25) is 9.10 Å². The summed E-state index contributed by atoms with van der Waals surface area (Å²) in [6.07, 6.45) is 0.838. The van der Waals surface area contributed by atoms with E-state index in [4.69, 9.17) is 0 Å². The van der Waals surface area contributed by atoms with E-state index in [1.165, 1.54) is 4.31 Å². The third kappa shape index (κ3) is 6.90. The van der Waals surface area contributed by atoms with Gasteiger partial charge in [-0.05, 0) is 79.0 Å². The molecule has 0 aromatic heterocycles. The zero-order valence-corrected chi connectivity index (χ0v) is 20.7. The highest BCUT2D eigenvalue weighted by atomic mass is 127. The number of sulfonamides is 1. The summed E-state index contributed by atoms with van der Waals surface area (Å²) in [6, 6.07) is 15.3. The van der Waals surface area contributed by atoms with E-state index in [2.05, 4.69) is 44.8 Å². The first-order valence-corrected chi connectivity index (χ1v) is 12.9. The molecule has 1 saturated heterocycles. The number of carbonyl (C=O) groups excluding carboxylic acids is 1. The van der Waals surface area contributed by atoms with Crippen LogP contribution < -0.4 is 9.62 Å². The molecule has 0 unspecified atom stereocenters. The van der Waals surface area contributed by atoms with E-state index in [1.54, 1.807) is 42.5 Å². The van der Waals surface area contributed by atoms with Crippen LogP contribution in [0.15, 0.2) is 59.5 Å². The van der Waals surface area contributed by atoms with Gasteiger partial charge in [0.2, 0.25) is 5.91 Å². The summed E-state index contributed by atoms with van der Waals surface area (Å²) in [4.78, 5) is 17.5. The Hall–Kier alpha value is -1.69. The molecular weight excluding hydrogens is 527 g/mol. The second kappa shape index (κ2) is 11.3. The number of nitrogens with one attached hydrogen (secondary N) is 1. The fourth-order valence-electron chi connectivity index (χ4n) is 3.43. The van der Waals surface area contributed by atoms with E-state index < -0.39 is 10.0 Å². The van der Waals surface area contributed by atoms with Crippen LogP contribution in [0.3, 0.4) is 0 Å². The molecular formula is C22H29IN4O3S. The lowest BCUT2D eigenvalue weighted by atomic mass is 10.3.